The molecule has 0 saturated heterocycles. The Morgan fingerprint density at radius 1 is 0.510 bits per heavy atom. The number of phenols is 4. The van der Waals surface area contributed by atoms with E-state index >= 15 is 0 Å². The predicted octanol–water partition coefficient (Wildman–Crippen LogP) is 8.53. The molecule has 0 amide bonds. The number of hydrogen-bond acceptors (Lipinski definition) is 14. The summed E-state index contributed by atoms with van der Waals surface area (Å²) >= 11 is 0. The van der Waals surface area contributed by atoms with Gasteiger partial charge in [-0.05, 0) is 64.1 Å². The second-order valence-corrected chi connectivity index (χ2v) is 9.95. The van der Waals surface area contributed by atoms with Crippen LogP contribution in [0.15, 0.2) is 93.3 Å². The van der Waals surface area contributed by atoms with Crippen LogP contribution in [0.1, 0.15) is 27.7 Å². The van der Waals surface area contributed by atoms with Crippen LogP contribution < -0.4 is 9.80 Å². The van der Waals surface area contributed by atoms with Gasteiger partial charge in [0, 0.05) is 84.7 Å². The van der Waals surface area contributed by atoms with Crippen molar-refractivity contribution in [2.24, 2.45) is 20.5 Å². The monoisotopic (exact) mass is 719 g/mol. The molecule has 0 aliphatic rings. The normalized spacial score (nSPS) is 10.7. The third kappa shape index (κ3) is 10.6. The number of anilines is 2. The van der Waals surface area contributed by atoms with Gasteiger partial charge in [0.15, 0.2) is 0 Å². The smallest absolute Gasteiger partial charge is 0.273 e. The van der Waals surface area contributed by atoms with Gasteiger partial charge in [-0.3, -0.25) is 20.2 Å². The minimum Gasteiger partial charge on any atom is -0.506 e. The van der Waals surface area contributed by atoms with Gasteiger partial charge in [0.25, 0.3) is 11.4 Å². The molecule has 4 aromatic rings. The Balaban J connectivity index is 0.000000333. The minimum absolute atomic E-state index is 0. The minimum atomic E-state index is -0.613. The molecule has 4 N–H and O–H groups in total. The topological polar surface area (TPSA) is 223 Å². The summed E-state index contributed by atoms with van der Waals surface area (Å²) in [6.07, 6.45) is 0. The van der Waals surface area contributed by atoms with Gasteiger partial charge in [-0.1, -0.05) is 0 Å². The van der Waals surface area contributed by atoms with Gasteiger partial charge in [0.1, 0.15) is 45.7 Å². The number of non-ortho nitro benzene ring substituents is 2. The van der Waals surface area contributed by atoms with Crippen molar-refractivity contribution in [2.45, 2.75) is 27.7 Å². The van der Waals surface area contributed by atoms with Crippen LogP contribution in [-0.4, -0.2) is 56.5 Å². The largest absolute Gasteiger partial charge is 0.506 e. The molecule has 0 aliphatic heterocycles. The van der Waals surface area contributed by atoms with Gasteiger partial charge in [0.2, 0.25) is 0 Å². The molecule has 0 aromatic heterocycles. The summed E-state index contributed by atoms with van der Waals surface area (Å²) < 4.78 is 0. The summed E-state index contributed by atoms with van der Waals surface area (Å²) in [5, 5.41) is 76.3. The first-order valence-electron chi connectivity index (χ1n) is 14.9. The number of hydrogen-bond donors (Lipinski definition) is 4. The third-order valence-corrected chi connectivity index (χ3v) is 7.05. The van der Waals surface area contributed by atoms with E-state index in [0.717, 1.165) is 49.7 Å². The molecule has 0 fully saturated rings. The van der Waals surface area contributed by atoms with Gasteiger partial charge in [-0.15, -0.1) is 20.5 Å². The van der Waals surface area contributed by atoms with Gasteiger partial charge in [0.05, 0.1) is 15.9 Å². The maximum Gasteiger partial charge on any atom is 0.273 e. The average molecular weight is 720 g/mol. The van der Waals surface area contributed by atoms with Gasteiger partial charge in [-0.25, -0.2) is 0 Å². The summed E-state index contributed by atoms with van der Waals surface area (Å²) in [6, 6.07) is 17.0. The van der Waals surface area contributed by atoms with Crippen molar-refractivity contribution in [1.29, 1.82) is 0 Å². The van der Waals surface area contributed by atoms with Crippen LogP contribution in [0.25, 0.3) is 0 Å². The zero-order valence-corrected chi connectivity index (χ0v) is 28.1. The van der Waals surface area contributed by atoms with E-state index in [-0.39, 0.29) is 73.9 Å². The van der Waals surface area contributed by atoms with Crippen molar-refractivity contribution in [2.75, 3.05) is 36.0 Å². The number of nitrogens with zero attached hydrogens (tertiary/aromatic N) is 8. The number of nitro groups is 2. The molecule has 49 heavy (non-hydrogen) atoms. The van der Waals surface area contributed by atoms with Crippen LogP contribution in [0.2, 0.25) is 0 Å². The number of rotatable bonds is 12. The number of benzene rings is 4. The molecule has 17 heteroatoms. The molecule has 0 saturated carbocycles. The molecule has 16 nitrogen and oxygen atoms in total. The molecule has 4 aromatic carbocycles. The Labute approximate surface area is 292 Å². The number of azo groups is 2. The van der Waals surface area contributed by atoms with Gasteiger partial charge < -0.3 is 30.2 Å². The van der Waals surface area contributed by atoms with E-state index in [0.29, 0.717) is 0 Å². The Bertz CT molecular complexity index is 1810. The third-order valence-electron chi connectivity index (χ3n) is 7.05. The van der Waals surface area contributed by atoms with E-state index in [1.54, 1.807) is 30.3 Å². The maximum atomic E-state index is 10.8. The zero-order chi connectivity index (χ0) is 35.4. The van der Waals surface area contributed by atoms with E-state index in [1.807, 2.05) is 33.8 Å². The second kappa shape index (κ2) is 18.5. The van der Waals surface area contributed by atoms with E-state index < -0.39 is 9.85 Å². The predicted molar refractivity (Wildman–Crippen MR) is 181 cm³/mol. The van der Waals surface area contributed by atoms with E-state index in [1.165, 1.54) is 24.3 Å². The molecule has 0 bridgehead atoms. The second-order valence-electron chi connectivity index (χ2n) is 9.95. The Morgan fingerprint density at radius 2 is 0.857 bits per heavy atom. The average Bonchev–Trinajstić information content (AvgIpc) is 3.06. The zero-order valence-electron chi connectivity index (χ0n) is 27.1. The van der Waals surface area contributed by atoms with Crippen molar-refractivity contribution < 1.29 is 47.1 Å². The van der Waals surface area contributed by atoms with E-state index in [9.17, 15) is 40.7 Å². The molecular weight excluding hydrogens is 683 g/mol. The van der Waals surface area contributed by atoms with Crippen molar-refractivity contribution >= 4 is 45.5 Å². The molecule has 0 heterocycles. The van der Waals surface area contributed by atoms with Crippen LogP contribution >= 0.6 is 0 Å². The van der Waals surface area contributed by atoms with Crippen molar-refractivity contribution in [3.8, 4) is 23.0 Å². The fourth-order valence-corrected chi connectivity index (χ4v) is 4.39. The summed E-state index contributed by atoms with van der Waals surface area (Å²) in [4.78, 5) is 24.3. The van der Waals surface area contributed by atoms with Crippen LogP contribution in [0, 0.1) is 20.2 Å². The molecular formula is C32H36CoN8O8. The molecule has 1 radical (unpaired) electrons. The van der Waals surface area contributed by atoms with Crippen molar-refractivity contribution in [1.82, 2.24) is 0 Å². The summed E-state index contributed by atoms with van der Waals surface area (Å²) in [7, 11) is 0. The quantitative estimate of drug-likeness (QED) is 0.0620. The number of phenolic OH excluding ortho intramolecular Hbond substituents is 4. The van der Waals surface area contributed by atoms with E-state index in [4.69, 9.17) is 0 Å². The molecule has 0 aliphatic carbocycles. The summed E-state index contributed by atoms with van der Waals surface area (Å²) in [5.74, 6) is -0.687. The van der Waals surface area contributed by atoms with Crippen LogP contribution in [-0.2, 0) is 16.8 Å². The molecule has 0 atom stereocenters. The van der Waals surface area contributed by atoms with Gasteiger partial charge >= 0.3 is 0 Å². The first kappa shape index (κ1) is 39.4. The fourth-order valence-electron chi connectivity index (χ4n) is 4.39. The molecule has 0 spiro atoms. The van der Waals surface area contributed by atoms with Gasteiger partial charge in [-0.2, -0.15) is 0 Å². The number of aromatic hydroxyl groups is 4. The van der Waals surface area contributed by atoms with E-state index in [2.05, 4.69) is 30.3 Å². The fraction of sp³-hybridized carbons (Fsp3) is 0.250. The first-order chi connectivity index (χ1) is 22.9. The van der Waals surface area contributed by atoms with Crippen molar-refractivity contribution in [3.05, 3.63) is 93.0 Å². The van der Waals surface area contributed by atoms with Crippen LogP contribution in [0.3, 0.4) is 0 Å². The Kier molecular flexibility index (Phi) is 14.9. The molecule has 261 valence electrons. The molecule has 0 unspecified atom stereocenters. The SMILES string of the molecule is CCN(CC)c1ccc(N=Nc2cc([N+](=O)[O-])ccc2O)c(O)c1.CCN(CC)c1ccc(N=Nc2ccc([N+](=O)[O-])cc2O)c(O)c1.[Co]. The van der Waals surface area contributed by atoms with Crippen LogP contribution in [0.4, 0.5) is 45.5 Å². The Morgan fingerprint density at radius 3 is 1.22 bits per heavy atom. The molecule has 4 rings (SSSR count). The summed E-state index contributed by atoms with van der Waals surface area (Å²) in [6.45, 7) is 11.3. The summed E-state index contributed by atoms with van der Waals surface area (Å²) in [5.41, 5.74) is 1.76. The van der Waals surface area contributed by atoms with Crippen LogP contribution in [0.5, 0.6) is 23.0 Å². The maximum absolute atomic E-state index is 10.8. The van der Waals surface area contributed by atoms with Crippen molar-refractivity contribution in [3.63, 3.8) is 0 Å². The standard InChI is InChI=1S/2C16H18N4O4.Co/c1-3-19(4-2)11-5-7-13(16(22)10-11)17-18-14-9-12(20(23)24)6-8-15(14)21;1-3-19(4-2)11-5-7-13(15(21)9-11)17-18-14-8-6-12(20(23)24)10-16(14)22;/h2*5-10,21-22H,3-4H2,1-2H3;. The number of nitro benzene ring substituents is 2. The Hall–Kier alpha value is -5.81. The first-order valence-corrected chi connectivity index (χ1v) is 14.9.